The first kappa shape index (κ1) is 30.0. The van der Waals surface area contributed by atoms with Crippen molar-refractivity contribution in [2.45, 2.75) is 82.3 Å². The number of carbonyl (C=O) groups excluding carboxylic acids is 2. The van der Waals surface area contributed by atoms with E-state index in [4.69, 9.17) is 0 Å². The smallest absolute Gasteiger partial charge is 0.280 e. The summed E-state index contributed by atoms with van der Waals surface area (Å²) in [4.78, 5) is 36.1. The molecule has 9 nitrogen and oxygen atoms in total. The summed E-state index contributed by atoms with van der Waals surface area (Å²) in [7, 11) is -2.68. The molecule has 2 aromatic heterocycles. The fraction of sp³-hybridized carbons (Fsp3) is 0.615. The van der Waals surface area contributed by atoms with Gasteiger partial charge >= 0.3 is 0 Å². The molecule has 0 unspecified atom stereocenters. The van der Waals surface area contributed by atoms with Gasteiger partial charge in [0.1, 0.15) is 11.5 Å². The highest BCUT2D eigenvalue weighted by atomic mass is 32.3. The SMILES string of the molecule is C[C@H]1CC(F)(F)CN1C(=O)c1nc(C(=O)NC2CCS(O)(O)CC2)sc1-c1cnc(NC2(C)CCC2)cc1C(F)F. The van der Waals surface area contributed by atoms with E-state index in [9.17, 15) is 36.3 Å². The Hall–Kier alpha value is -2.49. The number of aromatic nitrogens is 2. The van der Waals surface area contributed by atoms with Gasteiger partial charge in [0.15, 0.2) is 5.01 Å². The van der Waals surface area contributed by atoms with E-state index >= 15 is 0 Å². The second kappa shape index (κ2) is 11.0. The van der Waals surface area contributed by atoms with E-state index in [1.807, 2.05) is 6.92 Å². The van der Waals surface area contributed by atoms with E-state index in [-0.39, 0.29) is 50.0 Å². The molecule has 3 fully saturated rings. The summed E-state index contributed by atoms with van der Waals surface area (Å²) in [6.45, 7) is 2.60. The van der Waals surface area contributed by atoms with E-state index < -0.39 is 59.3 Å². The van der Waals surface area contributed by atoms with Gasteiger partial charge in [-0.05, 0) is 52.0 Å². The largest absolute Gasteiger partial charge is 0.365 e. The molecule has 15 heteroatoms. The van der Waals surface area contributed by atoms with Gasteiger partial charge in [-0.2, -0.15) is 10.6 Å². The zero-order valence-corrected chi connectivity index (χ0v) is 24.3. The van der Waals surface area contributed by atoms with Crippen LogP contribution in [0.3, 0.4) is 0 Å². The summed E-state index contributed by atoms with van der Waals surface area (Å²) in [5, 5.41) is 5.76. The molecule has 0 aromatic carbocycles. The van der Waals surface area contributed by atoms with Gasteiger partial charge in [-0.3, -0.25) is 18.7 Å². The van der Waals surface area contributed by atoms with Crippen LogP contribution in [0.4, 0.5) is 23.4 Å². The second-order valence-corrected chi connectivity index (χ2v) is 14.9. The third-order valence-electron chi connectivity index (χ3n) is 8.04. The number of amides is 2. The van der Waals surface area contributed by atoms with Crippen molar-refractivity contribution < 1.29 is 36.3 Å². The van der Waals surface area contributed by atoms with E-state index in [1.54, 1.807) is 0 Å². The third-order valence-corrected chi connectivity index (χ3v) is 10.9. The van der Waals surface area contributed by atoms with Crippen LogP contribution in [0.25, 0.3) is 10.4 Å². The average Bonchev–Trinajstić information content (AvgIpc) is 3.44. The van der Waals surface area contributed by atoms with Crippen molar-refractivity contribution >= 4 is 39.6 Å². The summed E-state index contributed by atoms with van der Waals surface area (Å²) in [5.74, 6) is -4.14. The number of pyridine rings is 1. The van der Waals surface area contributed by atoms with Crippen molar-refractivity contribution in [2.24, 2.45) is 0 Å². The van der Waals surface area contributed by atoms with Crippen LogP contribution in [0.2, 0.25) is 0 Å². The lowest BCUT2D eigenvalue weighted by Crippen LogP contribution is -2.41. The molecule has 1 aliphatic carbocycles. The molecule has 2 aromatic rings. The van der Waals surface area contributed by atoms with Crippen LogP contribution in [0.1, 0.15) is 84.7 Å². The van der Waals surface area contributed by atoms with Crippen LogP contribution in [0.15, 0.2) is 12.3 Å². The first-order valence-electron chi connectivity index (χ1n) is 13.5. The second-order valence-electron chi connectivity index (χ2n) is 11.5. The van der Waals surface area contributed by atoms with Gasteiger partial charge in [-0.15, -0.1) is 11.3 Å². The predicted molar refractivity (Wildman–Crippen MR) is 149 cm³/mol. The molecule has 41 heavy (non-hydrogen) atoms. The Balaban J connectivity index is 1.50. The first-order chi connectivity index (χ1) is 19.2. The minimum atomic E-state index is -3.11. The quantitative estimate of drug-likeness (QED) is 0.280. The van der Waals surface area contributed by atoms with Crippen LogP contribution >= 0.6 is 21.9 Å². The lowest BCUT2D eigenvalue weighted by molar-refractivity contribution is 0.0118. The molecule has 2 aliphatic heterocycles. The standard InChI is InChI=1S/C26H33F4N5O4S2/c1-14-11-26(29,30)13-35(14)24(37)19-20(40-23(33-19)22(36)32-15-4-8-41(38,39)9-5-15)17-12-31-18(10-16(17)21(27)28)34-25(2)6-3-7-25/h10,12,14-15,21,38-39H,3-9,11,13H2,1-2H3,(H,31,34)(H,32,36)/t14-/m0/s1. The Morgan fingerprint density at radius 3 is 2.46 bits per heavy atom. The fourth-order valence-electron chi connectivity index (χ4n) is 5.52. The van der Waals surface area contributed by atoms with Gasteiger partial charge in [0.2, 0.25) is 0 Å². The van der Waals surface area contributed by atoms with E-state index in [2.05, 4.69) is 20.6 Å². The Bertz CT molecular complexity index is 1330. The van der Waals surface area contributed by atoms with Crippen molar-refractivity contribution in [3.8, 4) is 10.4 Å². The van der Waals surface area contributed by atoms with Gasteiger partial charge in [0, 0.05) is 52.9 Å². The lowest BCUT2D eigenvalue weighted by atomic mass is 9.78. The summed E-state index contributed by atoms with van der Waals surface area (Å²) in [6.07, 6.45) is 1.09. The lowest BCUT2D eigenvalue weighted by Gasteiger charge is -2.39. The molecule has 1 atom stereocenters. The molecule has 0 spiro atoms. The first-order valence-corrected chi connectivity index (χ1v) is 16.2. The number of hydrogen-bond donors (Lipinski definition) is 4. The molecule has 226 valence electrons. The monoisotopic (exact) mass is 619 g/mol. The normalized spacial score (nSPS) is 24.1. The molecule has 0 radical (unpaired) electrons. The van der Waals surface area contributed by atoms with Gasteiger partial charge in [-0.1, -0.05) is 0 Å². The van der Waals surface area contributed by atoms with Crippen molar-refractivity contribution in [1.82, 2.24) is 20.2 Å². The Morgan fingerprint density at radius 1 is 1.22 bits per heavy atom. The summed E-state index contributed by atoms with van der Waals surface area (Å²) >= 11 is 0.718. The minimum Gasteiger partial charge on any atom is -0.365 e. The third kappa shape index (κ3) is 6.47. The molecule has 4 N–H and O–H groups in total. The van der Waals surface area contributed by atoms with Crippen LogP contribution in [-0.2, 0) is 0 Å². The van der Waals surface area contributed by atoms with Gasteiger partial charge in [0.05, 0.1) is 11.4 Å². The minimum absolute atomic E-state index is 0.0513. The number of halogens is 4. The van der Waals surface area contributed by atoms with Crippen LogP contribution < -0.4 is 10.6 Å². The maximum Gasteiger partial charge on any atom is 0.280 e. The number of thiazole rings is 1. The molecule has 1 saturated carbocycles. The zero-order valence-electron chi connectivity index (χ0n) is 22.6. The number of alkyl halides is 4. The van der Waals surface area contributed by atoms with E-state index in [0.717, 1.165) is 35.5 Å². The van der Waals surface area contributed by atoms with Gasteiger partial charge < -0.3 is 15.5 Å². The number of nitrogens with zero attached hydrogens (tertiary/aromatic N) is 3. The molecule has 2 amide bonds. The highest BCUT2D eigenvalue weighted by molar-refractivity contribution is 8.24. The molecular weight excluding hydrogens is 586 g/mol. The Kier molecular flexibility index (Phi) is 8.02. The van der Waals surface area contributed by atoms with Gasteiger partial charge in [0.25, 0.3) is 24.2 Å². The van der Waals surface area contributed by atoms with Gasteiger partial charge in [-0.25, -0.2) is 27.5 Å². The number of nitrogens with one attached hydrogen (secondary N) is 2. The molecule has 0 bridgehead atoms. The van der Waals surface area contributed by atoms with Crippen LogP contribution in [0.5, 0.6) is 0 Å². The van der Waals surface area contributed by atoms with Crippen LogP contribution in [-0.4, -0.2) is 77.4 Å². The molecule has 5 rings (SSSR count). The molecular formula is C26H33F4N5O4S2. The zero-order chi connectivity index (χ0) is 29.7. The summed E-state index contributed by atoms with van der Waals surface area (Å²) in [6, 6.07) is 0.0150. The van der Waals surface area contributed by atoms with Crippen molar-refractivity contribution in [3.63, 3.8) is 0 Å². The van der Waals surface area contributed by atoms with E-state index in [0.29, 0.717) is 12.8 Å². The Morgan fingerprint density at radius 2 is 1.90 bits per heavy atom. The maximum absolute atomic E-state index is 14.4. The summed E-state index contributed by atoms with van der Waals surface area (Å²) in [5.41, 5.74) is -1.14. The number of likely N-dealkylation sites (tertiary alicyclic amines) is 1. The van der Waals surface area contributed by atoms with Crippen molar-refractivity contribution in [1.29, 1.82) is 0 Å². The predicted octanol–water partition coefficient (Wildman–Crippen LogP) is 6.01. The number of carbonyl (C=O) groups is 2. The van der Waals surface area contributed by atoms with Crippen LogP contribution in [0, 0.1) is 0 Å². The fourth-order valence-corrected chi connectivity index (χ4v) is 8.04. The van der Waals surface area contributed by atoms with Crippen molar-refractivity contribution in [2.75, 3.05) is 23.4 Å². The molecule has 3 aliphatic rings. The number of hydrogen-bond acceptors (Lipinski definition) is 8. The highest BCUT2D eigenvalue weighted by Crippen LogP contribution is 2.44. The molecule has 2 saturated heterocycles. The Labute approximate surface area is 240 Å². The maximum atomic E-state index is 14.4. The van der Waals surface area contributed by atoms with E-state index in [1.165, 1.54) is 19.2 Å². The number of rotatable bonds is 7. The van der Waals surface area contributed by atoms with Crippen molar-refractivity contribution in [3.05, 3.63) is 28.5 Å². The topological polar surface area (TPSA) is 128 Å². The average molecular weight is 620 g/mol. The highest BCUT2D eigenvalue weighted by Gasteiger charge is 2.46. The summed E-state index contributed by atoms with van der Waals surface area (Å²) < 4.78 is 76.7. The number of anilines is 1. The molecule has 4 heterocycles.